The number of aromatic nitrogens is 2. The third-order valence-electron chi connectivity index (χ3n) is 4.77. The van der Waals surface area contributed by atoms with Gasteiger partial charge in [0.05, 0.1) is 18.4 Å². The molecule has 1 amide bonds. The molecule has 0 N–H and O–H groups in total. The first-order valence-corrected chi connectivity index (χ1v) is 9.11. The first-order valence-electron chi connectivity index (χ1n) is 8.73. The summed E-state index contributed by atoms with van der Waals surface area (Å²) in [6.45, 7) is 1.76. The predicted octanol–water partition coefficient (Wildman–Crippen LogP) is 2.25. The Morgan fingerprint density at radius 3 is 2.50 bits per heavy atom. The largest absolute Gasteiger partial charge is 0.369 e. The number of carbonyl (C=O) groups is 1. The van der Waals surface area contributed by atoms with Crippen molar-refractivity contribution in [3.05, 3.63) is 57.5 Å². The monoisotopic (exact) mass is 374 g/mol. The highest BCUT2D eigenvalue weighted by Crippen LogP contribution is 2.27. The highest BCUT2D eigenvalue weighted by molar-refractivity contribution is 6.33. The quantitative estimate of drug-likeness (QED) is 0.823. The van der Waals surface area contributed by atoms with Gasteiger partial charge in [0.1, 0.15) is 5.02 Å². The molecule has 2 aromatic rings. The fourth-order valence-electron chi connectivity index (χ4n) is 3.28. The summed E-state index contributed by atoms with van der Waals surface area (Å²) in [5, 5.41) is 4.48. The van der Waals surface area contributed by atoms with E-state index in [1.54, 1.807) is 25.2 Å². The molecule has 7 heteroatoms. The van der Waals surface area contributed by atoms with Crippen LogP contribution in [0, 0.1) is 5.92 Å². The molecule has 0 saturated carbocycles. The first kappa shape index (κ1) is 18.5. The lowest BCUT2D eigenvalue weighted by Gasteiger charge is -2.34. The third-order valence-corrected chi connectivity index (χ3v) is 5.12. The molecule has 1 saturated heterocycles. The summed E-state index contributed by atoms with van der Waals surface area (Å²) in [4.78, 5) is 28.4. The van der Waals surface area contributed by atoms with Gasteiger partial charge < -0.3 is 9.80 Å². The molecule has 26 heavy (non-hydrogen) atoms. The average Bonchev–Trinajstić information content (AvgIpc) is 2.66. The Labute approximate surface area is 158 Å². The number of carbonyl (C=O) groups excluding carboxylic acids is 1. The van der Waals surface area contributed by atoms with Gasteiger partial charge in [-0.25, -0.2) is 4.68 Å². The zero-order valence-corrected chi connectivity index (χ0v) is 15.8. The van der Waals surface area contributed by atoms with Crippen molar-refractivity contribution in [3.8, 4) is 0 Å². The number of piperidine rings is 1. The number of anilines is 1. The van der Waals surface area contributed by atoms with E-state index in [1.165, 1.54) is 4.68 Å². The molecular weight excluding hydrogens is 352 g/mol. The molecule has 0 spiro atoms. The molecule has 138 valence electrons. The second-order valence-corrected chi connectivity index (χ2v) is 7.16. The lowest BCUT2D eigenvalue weighted by molar-refractivity contribution is -0.133. The molecule has 0 aliphatic carbocycles. The Balaban J connectivity index is 1.73. The van der Waals surface area contributed by atoms with Crippen molar-refractivity contribution < 1.29 is 4.79 Å². The van der Waals surface area contributed by atoms with Crippen molar-refractivity contribution in [2.75, 3.05) is 32.1 Å². The topological polar surface area (TPSA) is 58.4 Å². The number of rotatable bonds is 4. The molecule has 0 bridgehead atoms. The number of benzene rings is 1. The van der Waals surface area contributed by atoms with Gasteiger partial charge in [-0.15, -0.1) is 0 Å². The van der Waals surface area contributed by atoms with Gasteiger partial charge in [0.2, 0.25) is 5.91 Å². The summed E-state index contributed by atoms with van der Waals surface area (Å²) in [5.41, 5.74) is 1.35. The smallest absolute Gasteiger partial charge is 0.287 e. The van der Waals surface area contributed by atoms with Gasteiger partial charge in [-0.05, 0) is 18.4 Å². The molecule has 1 aromatic heterocycles. The molecular formula is C19H23ClN4O2. The zero-order valence-electron chi connectivity index (χ0n) is 15.1. The summed E-state index contributed by atoms with van der Waals surface area (Å²) in [6.07, 6.45) is 3.15. The van der Waals surface area contributed by atoms with E-state index in [-0.39, 0.29) is 22.4 Å². The highest BCUT2D eigenvalue weighted by Gasteiger charge is 2.27. The Hall–Kier alpha value is -2.34. The molecule has 0 unspecified atom stereocenters. The third kappa shape index (κ3) is 3.90. The van der Waals surface area contributed by atoms with Gasteiger partial charge in [-0.1, -0.05) is 41.9 Å². The van der Waals surface area contributed by atoms with E-state index in [1.807, 2.05) is 35.2 Å². The highest BCUT2D eigenvalue weighted by atomic mass is 35.5. The molecule has 1 aliphatic rings. The van der Waals surface area contributed by atoms with E-state index in [9.17, 15) is 9.59 Å². The number of hydrogen-bond acceptors (Lipinski definition) is 4. The van der Waals surface area contributed by atoms with Gasteiger partial charge in [0.25, 0.3) is 5.56 Å². The van der Waals surface area contributed by atoms with Crippen LogP contribution in [0.15, 0.2) is 41.3 Å². The maximum Gasteiger partial charge on any atom is 0.287 e. The number of amides is 1. The Morgan fingerprint density at radius 2 is 1.88 bits per heavy atom. The average molecular weight is 375 g/mol. The van der Waals surface area contributed by atoms with Crippen molar-refractivity contribution in [1.29, 1.82) is 0 Å². The van der Waals surface area contributed by atoms with Crippen LogP contribution in [0.5, 0.6) is 0 Å². The minimum Gasteiger partial charge on any atom is -0.369 e. The van der Waals surface area contributed by atoms with Crippen LogP contribution in [-0.4, -0.2) is 47.8 Å². The van der Waals surface area contributed by atoms with Crippen LogP contribution in [0.25, 0.3) is 0 Å². The summed E-state index contributed by atoms with van der Waals surface area (Å²) in [7, 11) is 3.56. The van der Waals surface area contributed by atoms with Crippen molar-refractivity contribution in [3.63, 3.8) is 0 Å². The summed E-state index contributed by atoms with van der Waals surface area (Å²) in [6, 6.07) is 9.68. The summed E-state index contributed by atoms with van der Waals surface area (Å²) in [5.74, 6) is 0.193. The van der Waals surface area contributed by atoms with Crippen LogP contribution < -0.4 is 10.5 Å². The molecule has 3 rings (SSSR count). The summed E-state index contributed by atoms with van der Waals surface area (Å²) >= 11 is 6.36. The second kappa shape index (κ2) is 7.91. The fraction of sp³-hybridized carbons (Fsp3) is 0.421. The minimum absolute atomic E-state index is 0.0337. The van der Waals surface area contributed by atoms with E-state index >= 15 is 0 Å². The van der Waals surface area contributed by atoms with Crippen LogP contribution in [-0.2, 0) is 11.3 Å². The molecule has 1 fully saturated rings. The lowest BCUT2D eigenvalue weighted by atomic mass is 9.95. The molecule has 2 heterocycles. The zero-order chi connectivity index (χ0) is 18.7. The number of nitrogens with zero attached hydrogens (tertiary/aromatic N) is 4. The van der Waals surface area contributed by atoms with Crippen molar-refractivity contribution in [2.24, 2.45) is 5.92 Å². The molecule has 1 aromatic carbocycles. The van der Waals surface area contributed by atoms with Crippen molar-refractivity contribution in [1.82, 2.24) is 14.7 Å². The summed E-state index contributed by atoms with van der Waals surface area (Å²) < 4.78 is 1.38. The van der Waals surface area contributed by atoms with Crippen LogP contribution in [0.1, 0.15) is 18.4 Å². The van der Waals surface area contributed by atoms with E-state index in [0.717, 1.165) is 18.4 Å². The van der Waals surface area contributed by atoms with E-state index in [2.05, 4.69) is 5.10 Å². The lowest BCUT2D eigenvalue weighted by Crippen LogP contribution is -2.41. The van der Waals surface area contributed by atoms with Gasteiger partial charge in [0, 0.05) is 33.1 Å². The van der Waals surface area contributed by atoms with E-state index in [4.69, 9.17) is 11.6 Å². The maximum absolute atomic E-state index is 12.6. The second-order valence-electron chi connectivity index (χ2n) is 6.79. The van der Waals surface area contributed by atoms with Crippen molar-refractivity contribution >= 4 is 23.2 Å². The minimum atomic E-state index is -0.292. The SMILES string of the molecule is CN(C)C(=O)C1CCN(c2cnn(Cc3ccccc3)c(=O)c2Cl)CC1. The Bertz CT molecular complexity index is 827. The predicted molar refractivity (Wildman–Crippen MR) is 103 cm³/mol. The molecule has 6 nitrogen and oxygen atoms in total. The fourth-order valence-corrected chi connectivity index (χ4v) is 3.54. The van der Waals surface area contributed by atoms with Crippen LogP contribution in [0.3, 0.4) is 0 Å². The number of hydrogen-bond donors (Lipinski definition) is 0. The van der Waals surface area contributed by atoms with Gasteiger partial charge in [-0.2, -0.15) is 5.10 Å². The van der Waals surface area contributed by atoms with Gasteiger partial charge in [0.15, 0.2) is 0 Å². The first-order chi connectivity index (χ1) is 12.5. The van der Waals surface area contributed by atoms with Crippen molar-refractivity contribution in [2.45, 2.75) is 19.4 Å². The normalized spacial score (nSPS) is 15.1. The molecule has 0 radical (unpaired) electrons. The number of halogens is 1. The van der Waals surface area contributed by atoms with Crippen LogP contribution >= 0.6 is 11.6 Å². The standard InChI is InChI=1S/C19H23ClN4O2/c1-22(2)18(25)15-8-10-23(11-9-15)16-12-21-24(19(26)17(16)20)13-14-6-4-3-5-7-14/h3-7,12,15H,8-11,13H2,1-2H3. The van der Waals surface area contributed by atoms with Gasteiger partial charge in [-0.3, -0.25) is 9.59 Å². The van der Waals surface area contributed by atoms with E-state index in [0.29, 0.717) is 25.3 Å². The van der Waals surface area contributed by atoms with Gasteiger partial charge >= 0.3 is 0 Å². The van der Waals surface area contributed by atoms with Crippen LogP contribution in [0.4, 0.5) is 5.69 Å². The Morgan fingerprint density at radius 1 is 1.23 bits per heavy atom. The van der Waals surface area contributed by atoms with Crippen LogP contribution in [0.2, 0.25) is 5.02 Å². The molecule has 1 aliphatic heterocycles. The molecule has 0 atom stereocenters. The maximum atomic E-state index is 12.6. The van der Waals surface area contributed by atoms with E-state index < -0.39 is 0 Å². The Kier molecular flexibility index (Phi) is 5.61.